The van der Waals surface area contributed by atoms with E-state index < -0.39 is 0 Å². The zero-order chi connectivity index (χ0) is 11.5. The summed E-state index contributed by atoms with van der Waals surface area (Å²) in [7, 11) is 5.71. The molecule has 90 valence electrons. The van der Waals surface area contributed by atoms with Gasteiger partial charge >= 0.3 is 0 Å². The Labute approximate surface area is 93.7 Å². The van der Waals surface area contributed by atoms with Crippen LogP contribution >= 0.6 is 0 Å². The van der Waals surface area contributed by atoms with Crippen molar-refractivity contribution in [3.05, 3.63) is 12.7 Å². The van der Waals surface area contributed by atoms with Gasteiger partial charge in [-0.2, -0.15) is 0 Å². The Kier molecular flexibility index (Phi) is 9.83. The van der Waals surface area contributed by atoms with Crippen molar-refractivity contribution in [1.29, 1.82) is 0 Å². The van der Waals surface area contributed by atoms with E-state index in [1.165, 1.54) is 13.1 Å². The molecule has 0 aromatic carbocycles. The number of methoxy groups -OCH3 is 1. The SMILES string of the molecule is C=CC(COC)NC.CN1CCNCC1. The average molecular weight is 215 g/mol. The van der Waals surface area contributed by atoms with Crippen LogP contribution in [0.25, 0.3) is 0 Å². The van der Waals surface area contributed by atoms with Crippen LogP contribution in [0.4, 0.5) is 0 Å². The first-order chi connectivity index (χ1) is 7.24. The highest BCUT2D eigenvalue weighted by atomic mass is 16.5. The Balaban J connectivity index is 0.000000262. The number of piperazine rings is 1. The van der Waals surface area contributed by atoms with Crippen LogP contribution in [0.1, 0.15) is 0 Å². The second-order valence-corrected chi connectivity index (χ2v) is 3.64. The van der Waals surface area contributed by atoms with Gasteiger partial charge in [-0.1, -0.05) is 6.08 Å². The summed E-state index contributed by atoms with van der Waals surface area (Å²) in [5, 5.41) is 6.28. The Bertz CT molecular complexity index is 147. The van der Waals surface area contributed by atoms with Gasteiger partial charge in [-0.15, -0.1) is 6.58 Å². The average Bonchev–Trinajstić information content (AvgIpc) is 2.28. The molecule has 0 radical (unpaired) electrons. The molecule has 1 heterocycles. The molecule has 0 saturated carbocycles. The Morgan fingerprint density at radius 2 is 2.13 bits per heavy atom. The molecule has 1 fully saturated rings. The fourth-order valence-electron chi connectivity index (χ4n) is 1.23. The van der Waals surface area contributed by atoms with Crippen molar-refractivity contribution in [3.8, 4) is 0 Å². The van der Waals surface area contributed by atoms with E-state index in [0.717, 1.165) is 13.1 Å². The number of rotatable bonds is 4. The molecule has 1 rings (SSSR count). The van der Waals surface area contributed by atoms with Gasteiger partial charge in [0, 0.05) is 39.3 Å². The van der Waals surface area contributed by atoms with Crippen molar-refractivity contribution in [2.24, 2.45) is 0 Å². The fourth-order valence-corrected chi connectivity index (χ4v) is 1.23. The van der Waals surface area contributed by atoms with Gasteiger partial charge in [-0.3, -0.25) is 0 Å². The monoisotopic (exact) mass is 215 g/mol. The van der Waals surface area contributed by atoms with Gasteiger partial charge in [0.1, 0.15) is 0 Å². The zero-order valence-electron chi connectivity index (χ0n) is 10.3. The lowest BCUT2D eigenvalue weighted by atomic mass is 10.3. The van der Waals surface area contributed by atoms with Crippen LogP contribution < -0.4 is 10.6 Å². The zero-order valence-corrected chi connectivity index (χ0v) is 10.3. The largest absolute Gasteiger partial charge is 0.383 e. The summed E-state index contributed by atoms with van der Waals surface area (Å²) >= 11 is 0. The van der Waals surface area contributed by atoms with E-state index in [-0.39, 0.29) is 0 Å². The minimum Gasteiger partial charge on any atom is -0.383 e. The molecular weight excluding hydrogens is 190 g/mol. The standard InChI is InChI=1S/C6H13NO.C5H12N2/c1-4-6(7-2)5-8-3;1-7-4-2-6-3-5-7/h4,6-7H,1,5H2,2-3H3;6H,2-5H2,1H3. The third-order valence-corrected chi connectivity index (χ3v) is 2.34. The summed E-state index contributed by atoms with van der Waals surface area (Å²) < 4.78 is 4.85. The van der Waals surface area contributed by atoms with Gasteiger partial charge in [0.05, 0.1) is 6.61 Å². The molecule has 0 aliphatic carbocycles. The highest BCUT2D eigenvalue weighted by molar-refractivity contribution is 4.83. The van der Waals surface area contributed by atoms with Gasteiger partial charge in [-0.25, -0.2) is 0 Å². The summed E-state index contributed by atoms with van der Waals surface area (Å²) in [6, 6.07) is 0.292. The molecule has 0 amide bonds. The second kappa shape index (κ2) is 10.1. The molecular formula is C11H25N3O. The molecule has 1 saturated heterocycles. The summed E-state index contributed by atoms with van der Waals surface area (Å²) in [6.07, 6.45) is 1.82. The fraction of sp³-hybridized carbons (Fsp3) is 0.818. The molecule has 0 spiro atoms. The van der Waals surface area contributed by atoms with E-state index >= 15 is 0 Å². The third kappa shape index (κ3) is 8.57. The third-order valence-electron chi connectivity index (χ3n) is 2.34. The number of hydrogen-bond donors (Lipinski definition) is 2. The first-order valence-corrected chi connectivity index (χ1v) is 5.42. The van der Waals surface area contributed by atoms with Crippen LogP contribution in [0.15, 0.2) is 12.7 Å². The van der Waals surface area contributed by atoms with Gasteiger partial charge in [0.25, 0.3) is 0 Å². The number of likely N-dealkylation sites (N-methyl/N-ethyl adjacent to an activating group) is 2. The first kappa shape index (κ1) is 14.6. The maximum absolute atomic E-state index is 4.85. The summed E-state index contributed by atoms with van der Waals surface area (Å²) in [5.74, 6) is 0. The molecule has 4 nitrogen and oxygen atoms in total. The van der Waals surface area contributed by atoms with E-state index in [1.807, 2.05) is 13.1 Å². The number of ether oxygens (including phenoxy) is 1. The van der Waals surface area contributed by atoms with Crippen molar-refractivity contribution in [2.45, 2.75) is 6.04 Å². The normalized spacial score (nSPS) is 18.9. The van der Waals surface area contributed by atoms with Crippen LogP contribution in [-0.2, 0) is 4.74 Å². The van der Waals surface area contributed by atoms with Crippen molar-refractivity contribution in [3.63, 3.8) is 0 Å². The van der Waals surface area contributed by atoms with E-state index in [1.54, 1.807) is 7.11 Å². The molecule has 15 heavy (non-hydrogen) atoms. The number of nitrogens with zero attached hydrogens (tertiary/aromatic N) is 1. The predicted molar refractivity (Wildman–Crippen MR) is 65.3 cm³/mol. The summed E-state index contributed by atoms with van der Waals surface area (Å²) in [5.41, 5.74) is 0. The summed E-state index contributed by atoms with van der Waals surface area (Å²) in [4.78, 5) is 2.33. The lowest BCUT2D eigenvalue weighted by Crippen LogP contribution is -2.40. The van der Waals surface area contributed by atoms with Crippen LogP contribution in [0.3, 0.4) is 0 Å². The molecule has 1 unspecified atom stereocenters. The maximum Gasteiger partial charge on any atom is 0.0651 e. The minimum absolute atomic E-state index is 0.292. The van der Waals surface area contributed by atoms with Crippen LogP contribution in [-0.4, -0.2) is 64.9 Å². The van der Waals surface area contributed by atoms with E-state index in [4.69, 9.17) is 4.74 Å². The quantitative estimate of drug-likeness (QED) is 0.644. The van der Waals surface area contributed by atoms with Crippen molar-refractivity contribution >= 4 is 0 Å². The van der Waals surface area contributed by atoms with Crippen LogP contribution in [0, 0.1) is 0 Å². The topological polar surface area (TPSA) is 36.5 Å². The van der Waals surface area contributed by atoms with E-state index in [2.05, 4.69) is 29.2 Å². The first-order valence-electron chi connectivity index (χ1n) is 5.42. The molecule has 1 aliphatic rings. The van der Waals surface area contributed by atoms with Crippen molar-refractivity contribution in [2.75, 3.05) is 54.0 Å². The number of nitrogens with one attached hydrogen (secondary N) is 2. The highest BCUT2D eigenvalue weighted by Gasteiger charge is 2.01. The molecule has 0 bridgehead atoms. The lowest BCUT2D eigenvalue weighted by Gasteiger charge is -2.21. The van der Waals surface area contributed by atoms with E-state index in [9.17, 15) is 0 Å². The molecule has 4 heteroatoms. The molecule has 0 aromatic rings. The van der Waals surface area contributed by atoms with Crippen molar-refractivity contribution in [1.82, 2.24) is 15.5 Å². The van der Waals surface area contributed by atoms with Gasteiger partial charge in [0.2, 0.25) is 0 Å². The molecule has 2 N–H and O–H groups in total. The molecule has 1 aliphatic heterocycles. The highest BCUT2D eigenvalue weighted by Crippen LogP contribution is 1.83. The van der Waals surface area contributed by atoms with Gasteiger partial charge in [0.15, 0.2) is 0 Å². The molecule has 0 aromatic heterocycles. The number of hydrogen-bond acceptors (Lipinski definition) is 4. The van der Waals surface area contributed by atoms with E-state index in [0.29, 0.717) is 12.6 Å². The Hall–Kier alpha value is -0.420. The van der Waals surface area contributed by atoms with Crippen LogP contribution in [0.2, 0.25) is 0 Å². The second-order valence-electron chi connectivity index (χ2n) is 3.64. The Morgan fingerprint density at radius 3 is 2.33 bits per heavy atom. The van der Waals surface area contributed by atoms with Gasteiger partial charge < -0.3 is 20.3 Å². The van der Waals surface area contributed by atoms with Gasteiger partial charge in [-0.05, 0) is 14.1 Å². The smallest absolute Gasteiger partial charge is 0.0651 e. The predicted octanol–water partition coefficient (Wildman–Crippen LogP) is -0.0718. The lowest BCUT2D eigenvalue weighted by molar-refractivity contribution is 0.183. The van der Waals surface area contributed by atoms with Crippen LogP contribution in [0.5, 0.6) is 0 Å². The minimum atomic E-state index is 0.292. The molecule has 1 atom stereocenters. The maximum atomic E-state index is 4.85. The Morgan fingerprint density at radius 1 is 1.53 bits per heavy atom. The summed E-state index contributed by atoms with van der Waals surface area (Å²) in [6.45, 7) is 9.05. The van der Waals surface area contributed by atoms with Crippen molar-refractivity contribution < 1.29 is 4.74 Å².